The van der Waals surface area contributed by atoms with Gasteiger partial charge in [-0.1, -0.05) is 6.92 Å². The van der Waals surface area contributed by atoms with Crippen LogP contribution >= 0.6 is 12.4 Å². The minimum atomic E-state index is -3.25. The molecule has 0 aromatic carbocycles. The molecule has 0 radical (unpaired) electrons. The third-order valence-electron chi connectivity index (χ3n) is 2.28. The summed E-state index contributed by atoms with van der Waals surface area (Å²) in [5.41, 5.74) is 0. The number of nitrogens with one attached hydrogen (secondary N) is 2. The number of piperazine rings is 1. The van der Waals surface area contributed by atoms with Crippen LogP contribution in [0.25, 0.3) is 0 Å². The Labute approximate surface area is 98.2 Å². The van der Waals surface area contributed by atoms with Crippen LogP contribution in [-0.2, 0) is 10.2 Å². The van der Waals surface area contributed by atoms with E-state index in [9.17, 15) is 8.42 Å². The second-order valence-electron chi connectivity index (χ2n) is 3.56. The number of halogens is 1. The summed E-state index contributed by atoms with van der Waals surface area (Å²) < 4.78 is 27.6. The van der Waals surface area contributed by atoms with Crippen molar-refractivity contribution >= 4 is 22.6 Å². The molecular weight excluding hydrogens is 238 g/mol. The third-order valence-corrected chi connectivity index (χ3v) is 4.01. The molecule has 0 saturated carbocycles. The lowest BCUT2D eigenvalue weighted by atomic mass is 10.3. The van der Waals surface area contributed by atoms with E-state index >= 15 is 0 Å². The number of hydrogen-bond acceptors (Lipinski definition) is 3. The molecule has 1 unspecified atom stereocenters. The summed E-state index contributed by atoms with van der Waals surface area (Å²) >= 11 is 0. The maximum atomic E-state index is 11.7. The molecule has 1 fully saturated rings. The normalized spacial score (nSPS) is 23.5. The van der Waals surface area contributed by atoms with Gasteiger partial charge < -0.3 is 5.32 Å². The highest BCUT2D eigenvalue weighted by Crippen LogP contribution is 2.07. The molecule has 0 spiro atoms. The first-order valence-corrected chi connectivity index (χ1v) is 6.49. The van der Waals surface area contributed by atoms with Gasteiger partial charge in [0, 0.05) is 32.2 Å². The van der Waals surface area contributed by atoms with Gasteiger partial charge in [-0.2, -0.15) is 12.7 Å². The summed E-state index contributed by atoms with van der Waals surface area (Å²) in [6.45, 7) is 6.39. The number of nitrogens with zero attached hydrogens (tertiary/aromatic N) is 1. The first kappa shape index (κ1) is 15.1. The Balaban J connectivity index is 0.00000196. The lowest BCUT2D eigenvalue weighted by molar-refractivity contribution is 0.280. The highest BCUT2D eigenvalue weighted by Gasteiger charge is 2.28. The van der Waals surface area contributed by atoms with Gasteiger partial charge in [0.25, 0.3) is 10.2 Å². The van der Waals surface area contributed by atoms with E-state index in [2.05, 4.69) is 10.0 Å². The lowest BCUT2D eigenvalue weighted by Gasteiger charge is -2.32. The Hall–Kier alpha value is 0.120. The van der Waals surface area contributed by atoms with Gasteiger partial charge in [-0.05, 0) is 13.3 Å². The average Bonchev–Trinajstić information content (AvgIpc) is 2.15. The molecule has 15 heavy (non-hydrogen) atoms. The van der Waals surface area contributed by atoms with E-state index < -0.39 is 10.2 Å². The second-order valence-corrected chi connectivity index (χ2v) is 5.27. The van der Waals surface area contributed by atoms with E-state index in [-0.39, 0.29) is 18.4 Å². The summed E-state index contributed by atoms with van der Waals surface area (Å²) in [6, 6.07) is 0.0399. The largest absolute Gasteiger partial charge is 0.314 e. The zero-order valence-corrected chi connectivity index (χ0v) is 10.8. The van der Waals surface area contributed by atoms with Crippen molar-refractivity contribution in [3.05, 3.63) is 0 Å². The molecule has 1 heterocycles. The molecule has 2 N–H and O–H groups in total. The summed E-state index contributed by atoms with van der Waals surface area (Å²) in [7, 11) is -3.25. The Bertz CT molecular complexity index is 271. The van der Waals surface area contributed by atoms with Crippen molar-refractivity contribution in [2.45, 2.75) is 26.3 Å². The van der Waals surface area contributed by atoms with E-state index in [1.54, 1.807) is 0 Å². The second kappa shape index (κ2) is 6.65. The van der Waals surface area contributed by atoms with Crippen molar-refractivity contribution in [2.75, 3.05) is 26.2 Å². The summed E-state index contributed by atoms with van der Waals surface area (Å²) in [6.07, 6.45) is 0.819. The average molecular weight is 258 g/mol. The highest BCUT2D eigenvalue weighted by atomic mass is 35.5. The fourth-order valence-electron chi connectivity index (χ4n) is 1.49. The molecule has 0 amide bonds. The van der Waals surface area contributed by atoms with Crippen LogP contribution in [0.1, 0.15) is 20.3 Å². The van der Waals surface area contributed by atoms with Gasteiger partial charge in [0.1, 0.15) is 0 Å². The quantitative estimate of drug-likeness (QED) is 0.742. The first-order chi connectivity index (χ1) is 6.58. The summed E-state index contributed by atoms with van der Waals surface area (Å²) in [5.74, 6) is 0. The van der Waals surface area contributed by atoms with Crippen molar-refractivity contribution in [1.29, 1.82) is 0 Å². The van der Waals surface area contributed by atoms with Crippen LogP contribution in [0.4, 0.5) is 0 Å². The molecule has 0 aliphatic carbocycles. The van der Waals surface area contributed by atoms with E-state index in [4.69, 9.17) is 0 Å². The Morgan fingerprint density at radius 2 is 2.20 bits per heavy atom. The molecular formula is C8H20ClN3O2S. The third kappa shape index (κ3) is 4.24. The zero-order valence-electron chi connectivity index (χ0n) is 9.19. The van der Waals surface area contributed by atoms with Gasteiger partial charge in [-0.25, -0.2) is 4.72 Å². The van der Waals surface area contributed by atoms with Crippen molar-refractivity contribution in [2.24, 2.45) is 0 Å². The standard InChI is InChI=1S/C8H19N3O2S.ClH/c1-3-4-10-14(12,13)11-6-5-9-7-8(11)2;/h8-10H,3-7H2,1-2H3;1H. The summed E-state index contributed by atoms with van der Waals surface area (Å²) in [4.78, 5) is 0. The maximum absolute atomic E-state index is 11.7. The SMILES string of the molecule is CCCNS(=O)(=O)N1CCNCC1C.Cl. The summed E-state index contributed by atoms with van der Waals surface area (Å²) in [5, 5.41) is 3.16. The van der Waals surface area contributed by atoms with E-state index in [1.165, 1.54) is 4.31 Å². The molecule has 0 aromatic heterocycles. The predicted molar refractivity (Wildman–Crippen MR) is 63.5 cm³/mol. The fraction of sp³-hybridized carbons (Fsp3) is 1.00. The van der Waals surface area contributed by atoms with Crippen molar-refractivity contribution < 1.29 is 8.42 Å². The van der Waals surface area contributed by atoms with Gasteiger partial charge in [-0.3, -0.25) is 0 Å². The molecule has 5 nitrogen and oxygen atoms in total. The van der Waals surface area contributed by atoms with Crippen molar-refractivity contribution in [3.8, 4) is 0 Å². The van der Waals surface area contributed by atoms with Gasteiger partial charge in [-0.15, -0.1) is 12.4 Å². The zero-order chi connectivity index (χ0) is 10.6. The van der Waals surface area contributed by atoms with E-state index in [1.807, 2.05) is 13.8 Å². The van der Waals surface area contributed by atoms with Crippen LogP contribution in [0.15, 0.2) is 0 Å². The molecule has 1 aliphatic heterocycles. The minimum absolute atomic E-state index is 0. The smallest absolute Gasteiger partial charge is 0.279 e. The minimum Gasteiger partial charge on any atom is -0.314 e. The van der Waals surface area contributed by atoms with Crippen LogP contribution in [0.3, 0.4) is 0 Å². The first-order valence-electron chi connectivity index (χ1n) is 5.05. The molecule has 7 heteroatoms. The monoisotopic (exact) mass is 257 g/mol. The topological polar surface area (TPSA) is 61.4 Å². The molecule has 1 rings (SSSR count). The molecule has 0 bridgehead atoms. The lowest BCUT2D eigenvalue weighted by Crippen LogP contribution is -2.55. The number of rotatable bonds is 4. The molecule has 1 atom stereocenters. The van der Waals surface area contributed by atoms with Gasteiger partial charge in [0.2, 0.25) is 0 Å². The highest BCUT2D eigenvalue weighted by molar-refractivity contribution is 7.87. The van der Waals surface area contributed by atoms with Crippen LogP contribution in [-0.4, -0.2) is 44.9 Å². The maximum Gasteiger partial charge on any atom is 0.279 e. The number of hydrogen-bond donors (Lipinski definition) is 2. The van der Waals surface area contributed by atoms with Crippen molar-refractivity contribution in [3.63, 3.8) is 0 Å². The van der Waals surface area contributed by atoms with E-state index in [0.717, 1.165) is 19.5 Å². The molecule has 92 valence electrons. The predicted octanol–water partition coefficient (Wildman–Crippen LogP) is -0.0537. The molecule has 1 saturated heterocycles. The Morgan fingerprint density at radius 3 is 2.73 bits per heavy atom. The Kier molecular flexibility index (Phi) is 6.70. The van der Waals surface area contributed by atoms with Crippen LogP contribution < -0.4 is 10.0 Å². The van der Waals surface area contributed by atoms with Crippen LogP contribution in [0.2, 0.25) is 0 Å². The van der Waals surface area contributed by atoms with Crippen LogP contribution in [0.5, 0.6) is 0 Å². The molecule has 1 aliphatic rings. The van der Waals surface area contributed by atoms with Crippen molar-refractivity contribution in [1.82, 2.24) is 14.3 Å². The van der Waals surface area contributed by atoms with Gasteiger partial charge >= 0.3 is 0 Å². The van der Waals surface area contributed by atoms with E-state index in [0.29, 0.717) is 13.1 Å². The molecule has 0 aromatic rings. The van der Waals surface area contributed by atoms with Crippen LogP contribution in [0, 0.1) is 0 Å². The van der Waals surface area contributed by atoms with Gasteiger partial charge in [0.15, 0.2) is 0 Å². The Morgan fingerprint density at radius 1 is 1.53 bits per heavy atom. The fourth-order valence-corrected chi connectivity index (χ4v) is 3.00. The van der Waals surface area contributed by atoms with Gasteiger partial charge in [0.05, 0.1) is 0 Å².